The monoisotopic (exact) mass is 354 g/mol. The van der Waals surface area contributed by atoms with E-state index in [-0.39, 0.29) is 16.9 Å². The number of hydrogen-bond donors (Lipinski definition) is 1. The van der Waals surface area contributed by atoms with Crippen LogP contribution >= 0.6 is 0 Å². The third-order valence-electron chi connectivity index (χ3n) is 3.53. The quantitative estimate of drug-likeness (QED) is 0.795. The van der Waals surface area contributed by atoms with Crippen LogP contribution in [0.1, 0.15) is 45.2 Å². The Morgan fingerprint density at radius 1 is 1.38 bits per heavy atom. The van der Waals surface area contributed by atoms with Crippen LogP contribution in [0.2, 0.25) is 0 Å². The maximum Gasteiger partial charge on any atom is 0.414 e. The van der Waals surface area contributed by atoms with E-state index in [0.29, 0.717) is 5.75 Å². The van der Waals surface area contributed by atoms with Gasteiger partial charge in [-0.25, -0.2) is 4.79 Å². The number of benzene rings is 1. The largest absolute Gasteiger partial charge is 0.598 e. The van der Waals surface area contributed by atoms with Gasteiger partial charge in [-0.3, -0.25) is 0 Å². The molecular formula is C18H30N2O3S. The highest BCUT2D eigenvalue weighted by atomic mass is 32.2. The fraction of sp³-hybridized carbons (Fsp3) is 0.611. The second kappa shape index (κ2) is 8.74. The summed E-state index contributed by atoms with van der Waals surface area (Å²) in [6, 6.07) is 6.00. The van der Waals surface area contributed by atoms with E-state index in [0.717, 1.165) is 18.4 Å². The van der Waals surface area contributed by atoms with Crippen LogP contribution in [0.4, 0.5) is 4.79 Å². The fourth-order valence-electron chi connectivity index (χ4n) is 1.97. The second-order valence-corrected chi connectivity index (χ2v) is 9.30. The number of amides is 1. The topological polar surface area (TPSA) is 64.6 Å². The summed E-state index contributed by atoms with van der Waals surface area (Å²) in [5.74, 6) is 0.581. The Bertz CT molecular complexity index is 556. The molecule has 0 aliphatic rings. The van der Waals surface area contributed by atoms with E-state index >= 15 is 0 Å². The van der Waals surface area contributed by atoms with Gasteiger partial charge in [0.25, 0.3) is 0 Å². The van der Waals surface area contributed by atoms with E-state index in [2.05, 4.69) is 4.72 Å². The molecule has 0 aliphatic carbocycles. The van der Waals surface area contributed by atoms with Crippen LogP contribution in [-0.2, 0) is 17.8 Å². The van der Waals surface area contributed by atoms with Gasteiger partial charge in [0.15, 0.2) is 0 Å². The number of carbonyl (C=O) groups is 1. The molecule has 0 bridgehead atoms. The van der Waals surface area contributed by atoms with Crippen molar-refractivity contribution in [2.75, 3.05) is 14.1 Å². The van der Waals surface area contributed by atoms with Gasteiger partial charge in [0.05, 0.1) is 6.04 Å². The summed E-state index contributed by atoms with van der Waals surface area (Å²) in [6.07, 6.45) is 1.38. The maximum absolute atomic E-state index is 12.1. The molecule has 5 nitrogen and oxygen atoms in total. The molecule has 1 N–H and O–H groups in total. The first-order valence-electron chi connectivity index (χ1n) is 8.17. The van der Waals surface area contributed by atoms with Crippen LogP contribution < -0.4 is 9.46 Å². The molecule has 0 aliphatic heterocycles. The van der Waals surface area contributed by atoms with E-state index in [1.54, 1.807) is 14.1 Å². The maximum atomic E-state index is 12.1. The van der Waals surface area contributed by atoms with E-state index < -0.39 is 11.4 Å². The Labute approximate surface area is 149 Å². The smallest absolute Gasteiger partial charge is 0.414 e. The molecule has 0 fully saturated rings. The molecule has 1 aromatic rings. The molecule has 0 saturated heterocycles. The third-order valence-corrected chi connectivity index (χ3v) is 5.26. The lowest BCUT2D eigenvalue weighted by molar-refractivity contribution is 0.171. The normalized spacial score (nSPS) is 14.2. The Morgan fingerprint density at radius 3 is 2.50 bits per heavy atom. The van der Waals surface area contributed by atoms with Crippen molar-refractivity contribution >= 4 is 17.5 Å². The van der Waals surface area contributed by atoms with Crippen molar-refractivity contribution in [1.82, 2.24) is 9.62 Å². The highest BCUT2D eigenvalue weighted by Gasteiger charge is 2.27. The number of hydrogen-bond acceptors (Lipinski definition) is 4. The van der Waals surface area contributed by atoms with Crippen molar-refractivity contribution in [3.63, 3.8) is 0 Å². The summed E-state index contributed by atoms with van der Waals surface area (Å²) < 4.78 is 20.3. The van der Waals surface area contributed by atoms with Crippen molar-refractivity contribution in [3.8, 4) is 5.75 Å². The number of aryl methyl sites for hydroxylation is 2. The Kier molecular flexibility index (Phi) is 7.57. The molecule has 6 heteroatoms. The van der Waals surface area contributed by atoms with Crippen molar-refractivity contribution in [3.05, 3.63) is 29.3 Å². The molecule has 1 unspecified atom stereocenters. The summed E-state index contributed by atoms with van der Waals surface area (Å²) in [7, 11) is 3.31. The predicted octanol–water partition coefficient (Wildman–Crippen LogP) is 3.43. The number of rotatable bonds is 6. The number of carbonyl (C=O) groups excluding carboxylic acids is 1. The molecule has 24 heavy (non-hydrogen) atoms. The summed E-state index contributed by atoms with van der Waals surface area (Å²) in [5, 5.41) is 0. The Balaban J connectivity index is 2.58. The summed E-state index contributed by atoms with van der Waals surface area (Å²) in [6.45, 7) is 9.85. The standard InChI is InChI=1S/C18H30N2O3S/c1-13-12-15(10-11-16(13)23-17(21)20(6)7)9-8-14(2)19-24(22)18(3,4)5/h10-12,14,19H,8-9H2,1-7H3/t14-,24?/m1/s1. The van der Waals surface area contributed by atoms with Crippen molar-refractivity contribution in [2.45, 2.75) is 58.2 Å². The minimum Gasteiger partial charge on any atom is -0.598 e. The zero-order chi connectivity index (χ0) is 18.5. The predicted molar refractivity (Wildman–Crippen MR) is 99.7 cm³/mol. The molecule has 0 aromatic heterocycles. The first kappa shape index (κ1) is 20.8. The number of nitrogens with one attached hydrogen (secondary N) is 1. The van der Waals surface area contributed by atoms with E-state index in [9.17, 15) is 9.35 Å². The molecule has 2 atom stereocenters. The molecule has 1 aromatic carbocycles. The number of ether oxygens (including phenoxy) is 1. The summed E-state index contributed by atoms with van der Waals surface area (Å²) in [5.41, 5.74) is 2.11. The third kappa shape index (κ3) is 6.71. The van der Waals surface area contributed by atoms with Gasteiger partial charge in [0, 0.05) is 25.5 Å². The van der Waals surface area contributed by atoms with Gasteiger partial charge in [0.2, 0.25) is 0 Å². The Morgan fingerprint density at radius 2 is 2.00 bits per heavy atom. The zero-order valence-corrected chi connectivity index (χ0v) is 16.6. The van der Waals surface area contributed by atoms with Crippen molar-refractivity contribution < 1.29 is 14.1 Å². The van der Waals surface area contributed by atoms with Gasteiger partial charge in [-0.15, -0.1) is 4.72 Å². The van der Waals surface area contributed by atoms with E-state index in [1.807, 2.05) is 52.8 Å². The molecule has 1 rings (SSSR count). The van der Waals surface area contributed by atoms with Crippen LogP contribution in [0.3, 0.4) is 0 Å². The lowest BCUT2D eigenvalue weighted by atomic mass is 10.0. The molecule has 0 spiro atoms. The summed E-state index contributed by atoms with van der Waals surface area (Å²) >= 11 is -1.06. The number of nitrogens with zero attached hydrogens (tertiary/aromatic N) is 1. The average Bonchev–Trinajstić information content (AvgIpc) is 2.46. The van der Waals surface area contributed by atoms with Crippen molar-refractivity contribution in [2.24, 2.45) is 0 Å². The van der Waals surface area contributed by atoms with Gasteiger partial charge in [-0.2, -0.15) is 0 Å². The Hall–Kier alpha value is -1.24. The fourth-order valence-corrected chi connectivity index (χ4v) is 2.81. The second-order valence-electron chi connectivity index (χ2n) is 7.30. The lowest BCUT2D eigenvalue weighted by Gasteiger charge is -2.26. The zero-order valence-electron chi connectivity index (χ0n) is 15.8. The van der Waals surface area contributed by atoms with Crippen molar-refractivity contribution in [1.29, 1.82) is 0 Å². The minimum absolute atomic E-state index is 0.164. The van der Waals surface area contributed by atoms with Crippen LogP contribution in [0, 0.1) is 6.92 Å². The van der Waals surface area contributed by atoms with E-state index in [1.165, 1.54) is 10.5 Å². The molecule has 0 heterocycles. The molecule has 0 radical (unpaired) electrons. The van der Waals surface area contributed by atoms with Crippen LogP contribution in [0.15, 0.2) is 18.2 Å². The SMILES string of the molecule is Cc1cc(CC[C@@H](C)N[S+]([O-])C(C)(C)C)ccc1OC(=O)N(C)C. The average molecular weight is 355 g/mol. The van der Waals surface area contributed by atoms with Gasteiger partial charge in [-0.05, 0) is 64.7 Å². The molecular weight excluding hydrogens is 324 g/mol. The van der Waals surface area contributed by atoms with E-state index in [4.69, 9.17) is 4.74 Å². The first-order chi connectivity index (χ1) is 11.0. The van der Waals surface area contributed by atoms with Crippen LogP contribution in [0.5, 0.6) is 5.75 Å². The first-order valence-corrected chi connectivity index (χ1v) is 9.32. The van der Waals surface area contributed by atoms with Crippen LogP contribution in [0.25, 0.3) is 0 Å². The van der Waals surface area contributed by atoms with Crippen LogP contribution in [-0.4, -0.2) is 40.4 Å². The van der Waals surface area contributed by atoms with Gasteiger partial charge < -0.3 is 14.2 Å². The van der Waals surface area contributed by atoms with Gasteiger partial charge >= 0.3 is 6.09 Å². The highest BCUT2D eigenvalue weighted by molar-refractivity contribution is 7.90. The highest BCUT2D eigenvalue weighted by Crippen LogP contribution is 2.21. The lowest BCUT2D eigenvalue weighted by Crippen LogP contribution is -2.43. The summed E-state index contributed by atoms with van der Waals surface area (Å²) in [4.78, 5) is 13.0. The molecule has 0 saturated carbocycles. The van der Waals surface area contributed by atoms with Gasteiger partial charge in [-0.1, -0.05) is 12.1 Å². The van der Waals surface area contributed by atoms with Gasteiger partial charge in [0.1, 0.15) is 10.5 Å². The minimum atomic E-state index is -1.06. The molecule has 136 valence electrons. The molecule has 1 amide bonds.